The lowest BCUT2D eigenvalue weighted by atomic mass is 10.0. The van der Waals surface area contributed by atoms with Crippen LogP contribution < -0.4 is 5.32 Å². The summed E-state index contributed by atoms with van der Waals surface area (Å²) in [5.74, 6) is -0.508. The molecule has 3 unspecified atom stereocenters. The van der Waals surface area contributed by atoms with Gasteiger partial charge in [0.25, 0.3) is 0 Å². The Kier molecular flexibility index (Phi) is 58.1. The number of amides is 1. The minimum Gasteiger partial charge on any atom is -0.456 e. The predicted octanol–water partition coefficient (Wildman–Crippen LogP) is 21.5. The molecule has 0 bridgehead atoms. The van der Waals surface area contributed by atoms with E-state index in [-0.39, 0.29) is 25.1 Å². The van der Waals surface area contributed by atoms with Crippen molar-refractivity contribution < 1.29 is 37.3 Å². The number of phosphoric ester groups is 1. The Morgan fingerprint density at radius 3 is 1.09 bits per heavy atom. The second kappa shape index (κ2) is 59.4. The molecule has 0 aliphatic carbocycles. The number of likely N-dealkylation sites (N-methyl/N-ethyl adjacent to an activating group) is 1. The molecular weight excluding hydrogens is 1000 g/mol. The average Bonchev–Trinajstić information content (AvgIpc) is 3.41. The molecule has 0 heterocycles. The molecule has 0 aliphatic rings. The topological polar surface area (TPSA) is 111 Å². The van der Waals surface area contributed by atoms with Crippen molar-refractivity contribution in [2.75, 3.05) is 40.9 Å². The van der Waals surface area contributed by atoms with Crippen LogP contribution in [0.25, 0.3) is 0 Å². The maximum absolute atomic E-state index is 13.5. The number of hydrogen-bond donors (Lipinski definition) is 2. The van der Waals surface area contributed by atoms with Crippen molar-refractivity contribution in [3.8, 4) is 0 Å². The Bertz CT molecular complexity index is 1450. The number of phosphoric acid groups is 1. The molecule has 3 atom stereocenters. The molecule has 466 valence electrons. The number of quaternary nitrogens is 1. The highest BCUT2D eigenvalue weighted by Crippen LogP contribution is 2.43. The number of hydrogen-bond acceptors (Lipinski definition) is 6. The summed E-state index contributed by atoms with van der Waals surface area (Å²) in [4.78, 5) is 37.8. The van der Waals surface area contributed by atoms with Gasteiger partial charge in [-0.1, -0.05) is 282 Å². The first-order valence-corrected chi connectivity index (χ1v) is 35.8. The SMILES string of the molecule is CCCCCCCC/C=C/CCCCCCCCCCCCCCCCCCCC(=O)OC(/C=C\CCCCCCCCCCCC)C(COP(=O)(O)OCC[N+](C)(C)C)NC(=O)CCCCC/C=C\CCCCCCCCC. The third-order valence-corrected chi connectivity index (χ3v) is 16.5. The largest absolute Gasteiger partial charge is 0.472 e. The van der Waals surface area contributed by atoms with Crippen molar-refractivity contribution in [3.05, 3.63) is 36.5 Å². The van der Waals surface area contributed by atoms with Crippen LogP contribution in [0.5, 0.6) is 0 Å². The fourth-order valence-corrected chi connectivity index (χ4v) is 11.0. The number of carbonyl (C=O) groups excluding carboxylic acids is 2. The molecule has 0 saturated carbocycles. The summed E-state index contributed by atoms with van der Waals surface area (Å²) >= 11 is 0. The summed E-state index contributed by atoms with van der Waals surface area (Å²) in [6, 6.07) is -0.852. The highest BCUT2D eigenvalue weighted by molar-refractivity contribution is 7.47. The molecule has 9 nitrogen and oxygen atoms in total. The van der Waals surface area contributed by atoms with Gasteiger partial charge in [0, 0.05) is 12.8 Å². The molecule has 2 N–H and O–H groups in total. The fourth-order valence-electron chi connectivity index (χ4n) is 10.2. The first-order chi connectivity index (χ1) is 38.4. The van der Waals surface area contributed by atoms with Gasteiger partial charge in [-0.25, -0.2) is 4.57 Å². The molecule has 79 heavy (non-hydrogen) atoms. The molecule has 0 aromatic rings. The van der Waals surface area contributed by atoms with Crippen LogP contribution in [0.2, 0.25) is 0 Å². The highest BCUT2D eigenvalue weighted by Gasteiger charge is 2.30. The van der Waals surface area contributed by atoms with Gasteiger partial charge in [-0.3, -0.25) is 18.6 Å². The number of ether oxygens (including phenoxy) is 1. The van der Waals surface area contributed by atoms with E-state index in [1.165, 1.54) is 238 Å². The van der Waals surface area contributed by atoms with Gasteiger partial charge in [0.2, 0.25) is 5.91 Å². The van der Waals surface area contributed by atoms with Crippen molar-refractivity contribution in [3.63, 3.8) is 0 Å². The molecular formula is C69H134N2O7P+. The second-order valence-electron chi connectivity index (χ2n) is 24.7. The lowest BCUT2D eigenvalue weighted by Crippen LogP contribution is -2.47. The summed E-state index contributed by atoms with van der Waals surface area (Å²) in [6.45, 7) is 7.03. The zero-order chi connectivity index (χ0) is 57.9. The minimum atomic E-state index is -4.45. The number of carbonyl (C=O) groups is 2. The van der Waals surface area contributed by atoms with E-state index in [9.17, 15) is 19.0 Å². The van der Waals surface area contributed by atoms with Crippen molar-refractivity contribution in [2.24, 2.45) is 0 Å². The van der Waals surface area contributed by atoms with Crippen molar-refractivity contribution in [2.45, 2.75) is 354 Å². The van der Waals surface area contributed by atoms with Gasteiger partial charge in [-0.2, -0.15) is 0 Å². The van der Waals surface area contributed by atoms with Crippen LogP contribution in [-0.2, 0) is 27.9 Å². The molecule has 0 fully saturated rings. The summed E-state index contributed by atoms with van der Waals surface area (Å²) in [5.41, 5.74) is 0. The number of unbranched alkanes of at least 4 members (excludes halogenated alkanes) is 43. The van der Waals surface area contributed by atoms with Gasteiger partial charge in [0.05, 0.1) is 33.8 Å². The highest BCUT2D eigenvalue weighted by atomic mass is 31.2. The quantitative estimate of drug-likeness (QED) is 0.0205. The van der Waals surface area contributed by atoms with E-state index in [0.29, 0.717) is 23.9 Å². The molecule has 10 heteroatoms. The normalized spacial score (nSPS) is 13.8. The van der Waals surface area contributed by atoms with Gasteiger partial charge < -0.3 is 19.4 Å². The van der Waals surface area contributed by atoms with Crippen LogP contribution in [0.1, 0.15) is 342 Å². The maximum atomic E-state index is 13.5. The molecule has 0 aliphatic heterocycles. The Labute approximate surface area is 491 Å². The number of nitrogens with zero attached hydrogens (tertiary/aromatic N) is 1. The molecule has 0 aromatic carbocycles. The van der Waals surface area contributed by atoms with Crippen molar-refractivity contribution in [1.29, 1.82) is 0 Å². The van der Waals surface area contributed by atoms with Gasteiger partial charge in [-0.05, 0) is 83.1 Å². The summed E-state index contributed by atoms with van der Waals surface area (Å²) < 4.78 is 30.7. The lowest BCUT2D eigenvalue weighted by molar-refractivity contribution is -0.870. The average molecular weight is 1130 g/mol. The summed E-state index contributed by atoms with van der Waals surface area (Å²) in [6.07, 6.45) is 73.1. The smallest absolute Gasteiger partial charge is 0.456 e. The third kappa shape index (κ3) is 60.6. The third-order valence-electron chi connectivity index (χ3n) is 15.6. The maximum Gasteiger partial charge on any atom is 0.472 e. The zero-order valence-electron chi connectivity index (χ0n) is 53.4. The molecule has 0 radical (unpaired) electrons. The van der Waals surface area contributed by atoms with Gasteiger partial charge in [0.1, 0.15) is 19.3 Å². The van der Waals surface area contributed by atoms with Crippen molar-refractivity contribution >= 4 is 19.7 Å². The first-order valence-electron chi connectivity index (χ1n) is 34.3. The van der Waals surface area contributed by atoms with E-state index < -0.39 is 20.0 Å². The Hall–Kier alpha value is -1.77. The van der Waals surface area contributed by atoms with E-state index in [1.54, 1.807) is 0 Å². The number of allylic oxidation sites excluding steroid dienone is 5. The molecule has 0 saturated heterocycles. The number of nitrogens with one attached hydrogen (secondary N) is 1. The Morgan fingerprint density at radius 1 is 0.430 bits per heavy atom. The van der Waals surface area contributed by atoms with Crippen LogP contribution in [0.3, 0.4) is 0 Å². The van der Waals surface area contributed by atoms with E-state index in [2.05, 4.69) is 50.4 Å². The van der Waals surface area contributed by atoms with E-state index in [1.807, 2.05) is 33.3 Å². The summed E-state index contributed by atoms with van der Waals surface area (Å²) in [7, 11) is 1.50. The second-order valence-corrected chi connectivity index (χ2v) is 26.1. The fraction of sp³-hybridized carbons (Fsp3) is 0.884. The van der Waals surface area contributed by atoms with Crippen molar-refractivity contribution in [1.82, 2.24) is 5.32 Å². The van der Waals surface area contributed by atoms with Gasteiger partial charge >= 0.3 is 13.8 Å². The van der Waals surface area contributed by atoms with Crippen LogP contribution in [0, 0.1) is 0 Å². The molecule has 1 amide bonds. The van der Waals surface area contributed by atoms with E-state index in [0.717, 1.165) is 70.6 Å². The summed E-state index contributed by atoms with van der Waals surface area (Å²) in [5, 5.41) is 3.05. The monoisotopic (exact) mass is 1130 g/mol. The van der Waals surface area contributed by atoms with Crippen LogP contribution >= 0.6 is 7.82 Å². The van der Waals surface area contributed by atoms with Gasteiger partial charge in [-0.15, -0.1) is 0 Å². The van der Waals surface area contributed by atoms with Crippen LogP contribution in [0.15, 0.2) is 36.5 Å². The predicted molar refractivity (Wildman–Crippen MR) is 342 cm³/mol. The first kappa shape index (κ1) is 77.2. The van der Waals surface area contributed by atoms with E-state index in [4.69, 9.17) is 13.8 Å². The van der Waals surface area contributed by atoms with Crippen LogP contribution in [0.4, 0.5) is 0 Å². The molecule has 0 spiro atoms. The van der Waals surface area contributed by atoms with E-state index >= 15 is 0 Å². The Morgan fingerprint density at radius 2 is 0.734 bits per heavy atom. The van der Waals surface area contributed by atoms with Gasteiger partial charge in [0.15, 0.2) is 0 Å². The lowest BCUT2D eigenvalue weighted by Gasteiger charge is -2.27. The number of rotatable bonds is 63. The standard InChI is InChI=1S/C69H133N2O7P/c1-7-10-13-16-19-22-25-28-30-31-32-33-34-35-36-37-38-39-40-41-42-44-47-50-53-56-59-62-69(73)78-67(60-57-54-51-48-45-27-24-21-18-15-12-9-3)66(65-77-79(74,75)76-64-63-71(4,5)6)70-68(72)61-58-55-52-49-46-43-29-26-23-20-17-14-11-8-2/h28,30,43,46,57,60,66-67H,7-27,29,31-42,44-45,47-56,58-59,61-65H2,1-6H3,(H-,70,72,74,75)/p+1/b30-28+,46-43-,60-57-. The molecule has 0 rings (SSSR count). The molecule has 0 aromatic heterocycles. The minimum absolute atomic E-state index is 0.0400. The van der Waals surface area contributed by atoms with Crippen LogP contribution in [-0.4, -0.2) is 74.3 Å². The number of esters is 1. The zero-order valence-corrected chi connectivity index (χ0v) is 54.3. The Balaban J connectivity index is 4.98.